The van der Waals surface area contributed by atoms with Gasteiger partial charge in [0.05, 0.1) is 33.4 Å². The van der Waals surface area contributed by atoms with Gasteiger partial charge < -0.3 is 43.9 Å². The van der Waals surface area contributed by atoms with Crippen molar-refractivity contribution in [1.29, 1.82) is 0 Å². The third kappa shape index (κ3) is 14.7. The summed E-state index contributed by atoms with van der Waals surface area (Å²) in [5, 5.41) is 13.4. The first-order chi connectivity index (χ1) is 25.2. The zero-order valence-electron chi connectivity index (χ0n) is 31.9. The Morgan fingerprint density at radius 2 is 1.29 bits per heavy atom. The first-order valence-electron chi connectivity index (χ1n) is 17.8. The van der Waals surface area contributed by atoms with E-state index >= 15 is 0 Å². The Kier molecular flexibility index (Phi) is 19.7. The fourth-order valence-electron chi connectivity index (χ4n) is 6.41. The van der Waals surface area contributed by atoms with E-state index in [1.165, 1.54) is 50.2 Å². The average Bonchev–Trinajstić information content (AvgIpc) is 3.45. The van der Waals surface area contributed by atoms with Gasteiger partial charge in [-0.3, -0.25) is 14.7 Å². The summed E-state index contributed by atoms with van der Waals surface area (Å²) in [4.78, 5) is 31.0. The Hall–Kier alpha value is -3.66. The number of halogens is 4. The number of nitrogen functional groups attached to an aromatic ring is 1. The van der Waals surface area contributed by atoms with Gasteiger partial charge in [-0.15, -0.1) is 0 Å². The van der Waals surface area contributed by atoms with Gasteiger partial charge in [-0.2, -0.15) is 0 Å². The molecule has 3 fully saturated rings. The van der Waals surface area contributed by atoms with Crippen LogP contribution in [0.3, 0.4) is 0 Å². The number of aromatic nitrogens is 2. The molecular formula is C38H54ClF3N9NiO3-. The zero-order chi connectivity index (χ0) is 38.7. The van der Waals surface area contributed by atoms with Crippen molar-refractivity contribution in [2.75, 3.05) is 71.5 Å². The number of nitrogens with one attached hydrogen (secondary N) is 2. The van der Waals surface area contributed by atoms with Gasteiger partial charge in [0.25, 0.3) is 5.69 Å². The molecule has 0 amide bonds. The van der Waals surface area contributed by atoms with E-state index in [9.17, 15) is 28.1 Å². The van der Waals surface area contributed by atoms with Crippen LogP contribution in [0, 0.1) is 35.0 Å². The second-order valence-corrected chi connectivity index (χ2v) is 14.4. The van der Waals surface area contributed by atoms with E-state index in [0.29, 0.717) is 23.3 Å². The molecule has 6 N–H and O–H groups in total. The molecule has 12 nitrogen and oxygen atoms in total. The van der Waals surface area contributed by atoms with E-state index in [-0.39, 0.29) is 52.3 Å². The van der Waals surface area contributed by atoms with Gasteiger partial charge in [0, 0.05) is 34.6 Å². The van der Waals surface area contributed by atoms with E-state index in [4.69, 9.17) is 23.1 Å². The standard InChI is InChI=1S/C13H16FN3O.C12H18FN3.C6H3ClFNO2.C6H14N2.CH3.Ni/c1-16-6-4-10(5-7-16)17-12-3-2-9(14)8-11(12)15-13(17)18;1-16-6-4-10(5-7-16)15-12-3-2-9(13)8-11(12)14;7-5-2-1-4(8)3-6(5)9(10)11;1-8-4-2-6(7)3-5-8;;/h2-3,8,10H,4-7H2,1H3,(H,15,18);2-3,8,10,15H,4-7,14H2,1H3;1-3H;6H,2-5,7H2,1H3;1H3;/q;;;;-1;. The van der Waals surface area contributed by atoms with Crippen molar-refractivity contribution in [3.05, 3.63) is 105 Å². The SMILES string of the molecule is CN1CCC(N)CC1.CN1CCC(Nc2ccc(F)cc2N)CC1.CN1CCC(n2c(=O)[nH]c3cc(F)ccc32)CC1.O=[N+]([O-])c1cc(F)ccc1Cl.[CH3-].[Ni]. The molecular weight excluding hydrogens is 782 g/mol. The average molecular weight is 836 g/mol. The van der Waals surface area contributed by atoms with Gasteiger partial charge in [-0.1, -0.05) is 11.6 Å². The number of likely N-dealkylation sites (tertiary alicyclic amines) is 3. The molecule has 0 atom stereocenters. The minimum Gasteiger partial charge on any atom is -0.397 e. The number of nitrogens with zero attached hydrogens (tertiary/aromatic N) is 5. The number of nitro groups is 1. The van der Waals surface area contributed by atoms with Gasteiger partial charge in [-0.05, 0) is 147 Å². The number of hydrogen-bond acceptors (Lipinski definition) is 9. The first kappa shape index (κ1) is 47.5. The van der Waals surface area contributed by atoms with E-state index < -0.39 is 16.4 Å². The predicted octanol–water partition coefficient (Wildman–Crippen LogP) is 6.52. The van der Waals surface area contributed by atoms with Gasteiger partial charge >= 0.3 is 5.69 Å². The maximum atomic E-state index is 13.1. The number of fused-ring (bicyclic) bond motifs is 1. The smallest absolute Gasteiger partial charge is 0.326 e. The fourth-order valence-corrected chi connectivity index (χ4v) is 6.60. The molecule has 3 aliphatic heterocycles. The van der Waals surface area contributed by atoms with Crippen LogP contribution >= 0.6 is 11.6 Å². The molecule has 4 aromatic rings. The number of aromatic amines is 1. The summed E-state index contributed by atoms with van der Waals surface area (Å²) in [6, 6.07) is 13.1. The van der Waals surface area contributed by atoms with E-state index in [0.717, 1.165) is 81.3 Å². The molecule has 1 aromatic heterocycles. The molecule has 3 aromatic carbocycles. The summed E-state index contributed by atoms with van der Waals surface area (Å²) >= 11 is 5.38. The quantitative estimate of drug-likeness (QED) is 0.0592. The van der Waals surface area contributed by atoms with Gasteiger partial charge in [0.2, 0.25) is 0 Å². The number of imidazole rings is 1. The number of H-pyrrole nitrogens is 1. The number of benzene rings is 3. The summed E-state index contributed by atoms with van der Waals surface area (Å²) in [7, 11) is 6.36. The Bertz CT molecular complexity index is 1830. The van der Waals surface area contributed by atoms with E-state index in [2.05, 4.69) is 46.1 Å². The van der Waals surface area contributed by atoms with Gasteiger partial charge in [-0.25, -0.2) is 18.0 Å². The normalized spacial score (nSPS) is 17.2. The summed E-state index contributed by atoms with van der Waals surface area (Å²) in [6.45, 7) is 6.54. The van der Waals surface area contributed by atoms with Crippen LogP contribution in [0.5, 0.6) is 0 Å². The molecule has 0 saturated carbocycles. The largest absolute Gasteiger partial charge is 0.397 e. The molecule has 17 heteroatoms. The maximum absolute atomic E-state index is 13.1. The topological polar surface area (TPSA) is 155 Å². The molecule has 3 saturated heterocycles. The monoisotopic (exact) mass is 834 g/mol. The molecule has 0 bridgehead atoms. The van der Waals surface area contributed by atoms with Crippen molar-refractivity contribution in [3.63, 3.8) is 0 Å². The van der Waals surface area contributed by atoms with Crippen LogP contribution in [-0.4, -0.2) is 102 Å². The summed E-state index contributed by atoms with van der Waals surface area (Å²) in [5.41, 5.74) is 13.6. The summed E-state index contributed by atoms with van der Waals surface area (Å²) in [6.07, 6.45) is 6.48. The Morgan fingerprint density at radius 3 is 1.82 bits per heavy atom. The first-order valence-corrected chi connectivity index (χ1v) is 18.2. The van der Waals surface area contributed by atoms with Crippen molar-refractivity contribution in [3.8, 4) is 0 Å². The molecule has 7 rings (SSSR count). The number of hydrogen-bond donors (Lipinski definition) is 4. The Balaban J connectivity index is 0.000000261. The van der Waals surface area contributed by atoms with Crippen LogP contribution in [0.1, 0.15) is 44.6 Å². The fraction of sp³-hybridized carbons (Fsp3) is 0.474. The van der Waals surface area contributed by atoms with Crippen LogP contribution < -0.4 is 22.5 Å². The molecule has 3 aliphatic rings. The van der Waals surface area contributed by atoms with Crippen molar-refractivity contribution in [2.24, 2.45) is 5.73 Å². The van der Waals surface area contributed by atoms with Crippen molar-refractivity contribution in [1.82, 2.24) is 24.3 Å². The number of piperidine rings is 3. The van der Waals surface area contributed by atoms with Crippen LogP contribution in [0.15, 0.2) is 59.4 Å². The van der Waals surface area contributed by atoms with Crippen molar-refractivity contribution in [2.45, 2.75) is 56.7 Å². The van der Waals surface area contributed by atoms with Gasteiger partial charge in [0.1, 0.15) is 22.5 Å². The Labute approximate surface area is 336 Å². The van der Waals surface area contributed by atoms with Gasteiger partial charge in [0.15, 0.2) is 0 Å². The molecule has 0 unspecified atom stereocenters. The molecule has 0 aliphatic carbocycles. The van der Waals surface area contributed by atoms with E-state index in [1.54, 1.807) is 16.7 Å². The number of rotatable bonds is 4. The minimum atomic E-state index is -0.731. The van der Waals surface area contributed by atoms with Crippen LogP contribution in [0.25, 0.3) is 11.0 Å². The molecule has 55 heavy (non-hydrogen) atoms. The van der Waals surface area contributed by atoms with Crippen LogP contribution in [0.2, 0.25) is 5.02 Å². The zero-order valence-corrected chi connectivity index (χ0v) is 33.6. The molecule has 0 radical (unpaired) electrons. The molecule has 0 spiro atoms. The summed E-state index contributed by atoms with van der Waals surface area (Å²) < 4.78 is 40.1. The second kappa shape index (κ2) is 22.8. The predicted molar refractivity (Wildman–Crippen MR) is 212 cm³/mol. The summed E-state index contributed by atoms with van der Waals surface area (Å²) in [5.74, 6) is -1.27. The van der Waals surface area contributed by atoms with Crippen LogP contribution in [-0.2, 0) is 16.5 Å². The van der Waals surface area contributed by atoms with Crippen molar-refractivity contribution < 1.29 is 34.6 Å². The third-order valence-corrected chi connectivity index (χ3v) is 10.0. The maximum Gasteiger partial charge on any atom is 0.326 e. The molecule has 4 heterocycles. The Morgan fingerprint density at radius 1 is 0.800 bits per heavy atom. The number of nitro benzene ring substituents is 1. The van der Waals surface area contributed by atoms with Crippen LogP contribution in [0.4, 0.5) is 30.2 Å². The molecule has 308 valence electrons. The third-order valence-electron chi connectivity index (χ3n) is 9.69. The number of nitrogens with two attached hydrogens (primary N) is 2. The van der Waals surface area contributed by atoms with Crippen molar-refractivity contribution >= 4 is 39.7 Å². The van der Waals surface area contributed by atoms with E-state index in [1.807, 2.05) is 0 Å². The number of anilines is 2. The minimum absolute atomic E-state index is 0. The second-order valence-electron chi connectivity index (χ2n) is 13.9.